The third kappa shape index (κ3) is 5.62. The minimum Gasteiger partial charge on any atom is -0.430 e. The van der Waals surface area contributed by atoms with Crippen LogP contribution in [0.4, 0.5) is 4.79 Å². The van der Waals surface area contributed by atoms with Gasteiger partial charge in [-0.1, -0.05) is 41.4 Å². The summed E-state index contributed by atoms with van der Waals surface area (Å²) in [6.45, 7) is 4.52. The van der Waals surface area contributed by atoms with E-state index in [2.05, 4.69) is 0 Å². The predicted octanol–water partition coefficient (Wildman–Crippen LogP) is 3.86. The molecule has 0 radical (unpaired) electrons. The zero-order valence-corrected chi connectivity index (χ0v) is 17.7. The van der Waals surface area contributed by atoms with Crippen LogP contribution >= 0.6 is 11.6 Å². The molecule has 0 spiro atoms. The third-order valence-electron chi connectivity index (χ3n) is 4.36. The van der Waals surface area contributed by atoms with Gasteiger partial charge in [0.25, 0.3) is 0 Å². The Kier molecular flexibility index (Phi) is 6.66. The number of nitrogens with zero attached hydrogens (tertiary/aromatic N) is 1. The Morgan fingerprint density at radius 2 is 1.83 bits per heavy atom. The normalized spacial score (nSPS) is 18.2. The van der Waals surface area contributed by atoms with Crippen molar-refractivity contribution in [2.24, 2.45) is 0 Å². The van der Waals surface area contributed by atoms with E-state index in [0.29, 0.717) is 19.7 Å². The molecule has 9 heteroatoms. The molecule has 1 amide bonds. The summed E-state index contributed by atoms with van der Waals surface area (Å²) in [5.41, 5.74) is 1.04. The lowest BCUT2D eigenvalue weighted by Gasteiger charge is -2.32. The highest BCUT2D eigenvalue weighted by atomic mass is 35.5. The number of amides is 1. The highest BCUT2D eigenvalue weighted by Gasteiger charge is 2.27. The Hall–Kier alpha value is -2.29. The standard InChI is InChI=1S/C20H22ClNO6S/c1-14-3-9-18(10-4-14)29(24,25)28-17-7-5-16(6-8-17)19-13-22(11-12-26-19)20(23)27-15(2)21/h3-10,15,19H,11-13H2,1-2H3/t15?,19-/m1/s1. The first-order valence-electron chi connectivity index (χ1n) is 9.07. The largest absolute Gasteiger partial charge is 0.430 e. The van der Waals surface area contributed by atoms with Crippen molar-refractivity contribution >= 4 is 27.8 Å². The van der Waals surface area contributed by atoms with E-state index < -0.39 is 21.8 Å². The number of rotatable bonds is 5. The van der Waals surface area contributed by atoms with Crippen LogP contribution in [0, 0.1) is 6.92 Å². The van der Waals surface area contributed by atoms with E-state index in [1.165, 1.54) is 17.0 Å². The average molecular weight is 440 g/mol. The van der Waals surface area contributed by atoms with Gasteiger partial charge >= 0.3 is 16.2 Å². The van der Waals surface area contributed by atoms with E-state index in [4.69, 9.17) is 25.3 Å². The number of hydrogen-bond acceptors (Lipinski definition) is 6. The van der Waals surface area contributed by atoms with E-state index in [9.17, 15) is 13.2 Å². The van der Waals surface area contributed by atoms with Crippen LogP contribution in [-0.4, -0.2) is 44.7 Å². The van der Waals surface area contributed by atoms with E-state index >= 15 is 0 Å². The Balaban J connectivity index is 1.66. The van der Waals surface area contributed by atoms with Crippen molar-refractivity contribution in [3.05, 3.63) is 59.7 Å². The van der Waals surface area contributed by atoms with Gasteiger partial charge < -0.3 is 18.6 Å². The Morgan fingerprint density at radius 1 is 1.17 bits per heavy atom. The van der Waals surface area contributed by atoms with Gasteiger partial charge in [-0.15, -0.1) is 0 Å². The first kappa shape index (κ1) is 21.4. The summed E-state index contributed by atoms with van der Waals surface area (Å²) in [6.07, 6.45) is -0.852. The smallest absolute Gasteiger partial charge is 0.411 e. The molecule has 1 unspecified atom stereocenters. The molecule has 1 aliphatic heterocycles. The molecule has 2 atom stereocenters. The number of alkyl halides is 1. The molecule has 1 fully saturated rings. The second kappa shape index (κ2) is 9.02. The fourth-order valence-electron chi connectivity index (χ4n) is 2.85. The molecule has 29 heavy (non-hydrogen) atoms. The van der Waals surface area contributed by atoms with Crippen LogP contribution in [0.1, 0.15) is 24.2 Å². The van der Waals surface area contributed by atoms with Crippen molar-refractivity contribution in [2.75, 3.05) is 19.7 Å². The lowest BCUT2D eigenvalue weighted by molar-refractivity contribution is -0.0296. The number of benzene rings is 2. The third-order valence-corrected chi connectivity index (χ3v) is 5.71. The second-order valence-electron chi connectivity index (χ2n) is 6.65. The zero-order chi connectivity index (χ0) is 21.0. The van der Waals surface area contributed by atoms with Gasteiger partial charge in [-0.25, -0.2) is 4.79 Å². The van der Waals surface area contributed by atoms with Crippen molar-refractivity contribution in [1.82, 2.24) is 4.90 Å². The summed E-state index contributed by atoms with van der Waals surface area (Å²) in [4.78, 5) is 13.6. The molecule has 1 aliphatic rings. The van der Waals surface area contributed by atoms with Gasteiger partial charge in [0.2, 0.25) is 0 Å². The average Bonchev–Trinajstić information content (AvgIpc) is 2.68. The maximum atomic E-state index is 12.4. The molecule has 0 N–H and O–H groups in total. The molecule has 3 rings (SSSR count). The topological polar surface area (TPSA) is 82.1 Å². The molecule has 0 bridgehead atoms. The number of morpholine rings is 1. The van der Waals surface area contributed by atoms with Crippen molar-refractivity contribution < 1.29 is 26.9 Å². The van der Waals surface area contributed by atoms with Crippen LogP contribution in [0.3, 0.4) is 0 Å². The van der Waals surface area contributed by atoms with Gasteiger partial charge in [0.1, 0.15) is 16.7 Å². The first-order valence-corrected chi connectivity index (χ1v) is 10.9. The zero-order valence-electron chi connectivity index (χ0n) is 16.1. The number of carbonyl (C=O) groups is 1. The predicted molar refractivity (Wildman–Crippen MR) is 107 cm³/mol. The highest BCUT2D eigenvalue weighted by Crippen LogP contribution is 2.26. The molecule has 1 heterocycles. The number of aryl methyl sites for hydroxylation is 1. The summed E-state index contributed by atoms with van der Waals surface area (Å²) in [7, 11) is -3.91. The summed E-state index contributed by atoms with van der Waals surface area (Å²) in [5, 5.41) is 0. The first-order chi connectivity index (χ1) is 13.7. The molecule has 156 valence electrons. The van der Waals surface area contributed by atoms with Gasteiger partial charge in [0, 0.05) is 6.54 Å². The molecule has 2 aromatic rings. The lowest BCUT2D eigenvalue weighted by atomic mass is 10.1. The van der Waals surface area contributed by atoms with Gasteiger partial charge in [0.05, 0.1) is 13.2 Å². The van der Waals surface area contributed by atoms with E-state index in [1.807, 2.05) is 6.92 Å². The minimum absolute atomic E-state index is 0.0884. The maximum Gasteiger partial charge on any atom is 0.411 e. The molecule has 0 saturated carbocycles. The van der Waals surface area contributed by atoms with Crippen LogP contribution in [0.2, 0.25) is 0 Å². The molecule has 7 nitrogen and oxygen atoms in total. The van der Waals surface area contributed by atoms with Gasteiger partial charge in [-0.05, 0) is 43.7 Å². The van der Waals surface area contributed by atoms with E-state index in [1.54, 1.807) is 43.3 Å². The summed E-state index contributed by atoms with van der Waals surface area (Å²) in [5.74, 6) is 0.192. The van der Waals surface area contributed by atoms with Gasteiger partial charge in [-0.3, -0.25) is 0 Å². The molecule has 0 aliphatic carbocycles. The van der Waals surface area contributed by atoms with Crippen LogP contribution < -0.4 is 4.18 Å². The lowest BCUT2D eigenvalue weighted by Crippen LogP contribution is -2.43. The summed E-state index contributed by atoms with van der Waals surface area (Å²) in [6, 6.07) is 13.0. The van der Waals surface area contributed by atoms with Crippen molar-refractivity contribution in [3.8, 4) is 5.75 Å². The van der Waals surface area contributed by atoms with Crippen LogP contribution in [0.15, 0.2) is 53.4 Å². The monoisotopic (exact) mass is 439 g/mol. The highest BCUT2D eigenvalue weighted by molar-refractivity contribution is 7.87. The van der Waals surface area contributed by atoms with Crippen LogP contribution in [-0.2, 0) is 19.6 Å². The minimum atomic E-state index is -3.91. The second-order valence-corrected chi connectivity index (χ2v) is 8.81. The molecule has 2 aromatic carbocycles. The SMILES string of the molecule is Cc1ccc(S(=O)(=O)Oc2ccc([C@H]3CN(C(=O)OC(C)Cl)CCO3)cc2)cc1. The summed E-state index contributed by atoms with van der Waals surface area (Å²) < 4.78 is 40.7. The molecule has 1 saturated heterocycles. The van der Waals surface area contributed by atoms with Gasteiger partial charge in [0.15, 0.2) is 5.56 Å². The Morgan fingerprint density at radius 3 is 2.45 bits per heavy atom. The Labute approximate surface area is 175 Å². The fourth-order valence-corrected chi connectivity index (χ4v) is 3.85. The van der Waals surface area contributed by atoms with Crippen LogP contribution in [0.5, 0.6) is 5.75 Å². The number of hydrogen-bond donors (Lipinski definition) is 0. The molecular formula is C20H22ClNO6S. The van der Waals surface area contributed by atoms with Crippen molar-refractivity contribution in [2.45, 2.75) is 30.4 Å². The van der Waals surface area contributed by atoms with E-state index in [-0.39, 0.29) is 16.7 Å². The molecular weight excluding hydrogens is 418 g/mol. The summed E-state index contributed by atoms with van der Waals surface area (Å²) >= 11 is 5.70. The quantitative estimate of drug-likeness (QED) is 0.519. The maximum absolute atomic E-state index is 12.4. The van der Waals surface area contributed by atoms with Crippen molar-refractivity contribution in [1.29, 1.82) is 0 Å². The molecule has 0 aromatic heterocycles. The fraction of sp³-hybridized carbons (Fsp3) is 0.350. The number of carbonyl (C=O) groups excluding carboxylic acids is 1. The number of ether oxygens (including phenoxy) is 2. The van der Waals surface area contributed by atoms with E-state index in [0.717, 1.165) is 11.1 Å². The van der Waals surface area contributed by atoms with Gasteiger partial charge in [-0.2, -0.15) is 8.42 Å². The van der Waals surface area contributed by atoms with Crippen molar-refractivity contribution in [3.63, 3.8) is 0 Å². The Bertz CT molecular complexity index is 944. The number of halogens is 1. The van der Waals surface area contributed by atoms with Crippen LogP contribution in [0.25, 0.3) is 0 Å².